The minimum Gasteiger partial charge on any atom is -0.354 e. The zero-order valence-corrected chi connectivity index (χ0v) is 12.6. The fourth-order valence-electron chi connectivity index (χ4n) is 2.51. The van der Waals surface area contributed by atoms with Crippen LogP contribution in [0.2, 0.25) is 0 Å². The van der Waals surface area contributed by atoms with Gasteiger partial charge in [0, 0.05) is 35.4 Å². The molecular formula is C13H26N2O2S. The number of carbonyl (C=O) groups excluding carboxylic acids is 1. The van der Waals surface area contributed by atoms with Crippen molar-refractivity contribution in [3.63, 3.8) is 0 Å². The molecule has 1 fully saturated rings. The van der Waals surface area contributed by atoms with Crippen LogP contribution in [-0.4, -0.2) is 41.3 Å². The van der Waals surface area contributed by atoms with Crippen LogP contribution in [0.5, 0.6) is 0 Å². The van der Waals surface area contributed by atoms with E-state index >= 15 is 0 Å². The van der Waals surface area contributed by atoms with Crippen LogP contribution in [0.25, 0.3) is 0 Å². The van der Waals surface area contributed by atoms with E-state index in [0.717, 1.165) is 38.8 Å². The number of hydrogen-bond donors (Lipinski definition) is 2. The van der Waals surface area contributed by atoms with Crippen molar-refractivity contribution in [2.24, 2.45) is 5.41 Å². The second-order valence-electron chi connectivity index (χ2n) is 5.33. The molecule has 5 heteroatoms. The van der Waals surface area contributed by atoms with Crippen molar-refractivity contribution in [3.8, 4) is 0 Å². The largest absolute Gasteiger partial charge is 0.354 e. The highest BCUT2D eigenvalue weighted by molar-refractivity contribution is 7.84. The van der Waals surface area contributed by atoms with Gasteiger partial charge in [0.05, 0.1) is 5.41 Å². The summed E-state index contributed by atoms with van der Waals surface area (Å²) in [5, 5.41) is 6.34. The lowest BCUT2D eigenvalue weighted by molar-refractivity contribution is -0.132. The fraction of sp³-hybridized carbons (Fsp3) is 0.923. The van der Waals surface area contributed by atoms with Gasteiger partial charge in [0.25, 0.3) is 0 Å². The predicted molar refractivity (Wildman–Crippen MR) is 76.0 cm³/mol. The van der Waals surface area contributed by atoms with Gasteiger partial charge in [-0.2, -0.15) is 0 Å². The third-order valence-electron chi connectivity index (χ3n) is 3.80. The molecule has 18 heavy (non-hydrogen) atoms. The first kappa shape index (κ1) is 15.6. The molecule has 0 spiro atoms. The van der Waals surface area contributed by atoms with Crippen LogP contribution in [0.1, 0.15) is 39.5 Å². The van der Waals surface area contributed by atoms with Crippen molar-refractivity contribution < 1.29 is 9.00 Å². The number of rotatable bonds is 6. The standard InChI is InChI=1S/C13H26N2O2S/c1-4-6-13(7-5-8-14-10-13)12(16)15-9-11(2)18(3)17/h11,14H,4-10H2,1-3H3,(H,15,16). The molecule has 1 saturated heterocycles. The molecule has 2 N–H and O–H groups in total. The van der Waals surface area contributed by atoms with E-state index in [4.69, 9.17) is 0 Å². The molecule has 1 rings (SSSR count). The SMILES string of the molecule is CCCC1(C(=O)NCC(C)S(C)=O)CCCNC1. The highest BCUT2D eigenvalue weighted by atomic mass is 32.2. The van der Waals surface area contributed by atoms with E-state index in [1.807, 2.05) is 6.92 Å². The van der Waals surface area contributed by atoms with E-state index < -0.39 is 10.8 Å². The van der Waals surface area contributed by atoms with Gasteiger partial charge in [0.15, 0.2) is 0 Å². The first-order valence-electron chi connectivity index (χ1n) is 6.83. The van der Waals surface area contributed by atoms with Gasteiger partial charge in [-0.3, -0.25) is 9.00 Å². The van der Waals surface area contributed by atoms with E-state index in [-0.39, 0.29) is 16.6 Å². The quantitative estimate of drug-likeness (QED) is 0.761. The average Bonchev–Trinajstić information content (AvgIpc) is 2.36. The topological polar surface area (TPSA) is 58.2 Å². The molecule has 0 aromatic rings. The summed E-state index contributed by atoms with van der Waals surface area (Å²) in [5.74, 6) is 0.133. The minimum absolute atomic E-state index is 0.0178. The van der Waals surface area contributed by atoms with Gasteiger partial charge in [-0.05, 0) is 32.7 Å². The maximum Gasteiger partial charge on any atom is 0.227 e. The molecule has 0 saturated carbocycles. The van der Waals surface area contributed by atoms with Gasteiger partial charge in [-0.15, -0.1) is 0 Å². The molecule has 0 aromatic heterocycles. The average molecular weight is 274 g/mol. The molecule has 0 aromatic carbocycles. The summed E-state index contributed by atoms with van der Waals surface area (Å²) in [7, 11) is -0.879. The second kappa shape index (κ2) is 7.24. The Morgan fingerprint density at radius 2 is 2.28 bits per heavy atom. The van der Waals surface area contributed by atoms with Crippen LogP contribution in [0.3, 0.4) is 0 Å². The van der Waals surface area contributed by atoms with Gasteiger partial charge in [-0.1, -0.05) is 13.3 Å². The third kappa shape index (κ3) is 4.05. The maximum atomic E-state index is 12.4. The van der Waals surface area contributed by atoms with Crippen LogP contribution in [-0.2, 0) is 15.6 Å². The Morgan fingerprint density at radius 1 is 1.56 bits per heavy atom. The highest BCUT2D eigenvalue weighted by Crippen LogP contribution is 2.31. The Hall–Kier alpha value is -0.420. The highest BCUT2D eigenvalue weighted by Gasteiger charge is 2.38. The molecule has 4 nitrogen and oxygen atoms in total. The number of carbonyl (C=O) groups is 1. The van der Waals surface area contributed by atoms with Crippen LogP contribution >= 0.6 is 0 Å². The van der Waals surface area contributed by atoms with Crippen molar-refractivity contribution in [1.29, 1.82) is 0 Å². The summed E-state index contributed by atoms with van der Waals surface area (Å²) >= 11 is 0. The van der Waals surface area contributed by atoms with Gasteiger partial charge >= 0.3 is 0 Å². The Bertz CT molecular complexity index is 296. The monoisotopic (exact) mass is 274 g/mol. The van der Waals surface area contributed by atoms with E-state index in [9.17, 15) is 9.00 Å². The molecule has 106 valence electrons. The molecule has 1 aliphatic rings. The molecular weight excluding hydrogens is 248 g/mol. The summed E-state index contributed by atoms with van der Waals surface area (Å²) in [5.41, 5.74) is -0.248. The van der Waals surface area contributed by atoms with Gasteiger partial charge in [-0.25, -0.2) is 0 Å². The lowest BCUT2D eigenvalue weighted by atomic mass is 9.76. The number of amides is 1. The van der Waals surface area contributed by atoms with E-state index in [0.29, 0.717) is 6.54 Å². The Morgan fingerprint density at radius 3 is 2.78 bits per heavy atom. The van der Waals surface area contributed by atoms with E-state index in [1.54, 1.807) is 6.26 Å². The van der Waals surface area contributed by atoms with Crippen LogP contribution in [0, 0.1) is 5.41 Å². The van der Waals surface area contributed by atoms with Crippen molar-refractivity contribution in [1.82, 2.24) is 10.6 Å². The van der Waals surface area contributed by atoms with Gasteiger partial charge in [0.1, 0.15) is 0 Å². The molecule has 1 amide bonds. The maximum absolute atomic E-state index is 12.4. The van der Waals surface area contributed by atoms with Crippen molar-refractivity contribution in [3.05, 3.63) is 0 Å². The second-order valence-corrected chi connectivity index (χ2v) is 7.13. The molecule has 0 bridgehead atoms. The van der Waals surface area contributed by atoms with Crippen molar-refractivity contribution in [2.45, 2.75) is 44.8 Å². The molecule has 0 radical (unpaired) electrons. The molecule has 3 atom stereocenters. The lowest BCUT2D eigenvalue weighted by Crippen LogP contribution is -2.51. The summed E-state index contributed by atoms with van der Waals surface area (Å²) in [6, 6.07) is 0. The van der Waals surface area contributed by atoms with Gasteiger partial charge < -0.3 is 10.6 Å². The minimum atomic E-state index is -0.879. The van der Waals surface area contributed by atoms with Crippen molar-refractivity contribution >= 4 is 16.7 Å². The normalized spacial score (nSPS) is 27.5. The number of nitrogens with one attached hydrogen (secondary N) is 2. The molecule has 1 aliphatic heterocycles. The Labute approximate surface area is 113 Å². The summed E-state index contributed by atoms with van der Waals surface area (Å²) in [6.07, 6.45) is 5.65. The first-order valence-corrected chi connectivity index (χ1v) is 8.45. The van der Waals surface area contributed by atoms with Gasteiger partial charge in [0.2, 0.25) is 5.91 Å². The molecule has 1 heterocycles. The zero-order chi connectivity index (χ0) is 13.6. The third-order valence-corrected chi connectivity index (χ3v) is 5.10. The number of piperidine rings is 1. The van der Waals surface area contributed by atoms with Crippen LogP contribution < -0.4 is 10.6 Å². The smallest absolute Gasteiger partial charge is 0.227 e. The zero-order valence-electron chi connectivity index (χ0n) is 11.8. The van der Waals surface area contributed by atoms with Crippen LogP contribution in [0.4, 0.5) is 0 Å². The molecule has 3 unspecified atom stereocenters. The lowest BCUT2D eigenvalue weighted by Gasteiger charge is -2.36. The summed E-state index contributed by atoms with van der Waals surface area (Å²) in [4.78, 5) is 12.4. The van der Waals surface area contributed by atoms with E-state index in [2.05, 4.69) is 17.6 Å². The fourth-order valence-corrected chi connectivity index (χ4v) is 2.83. The summed E-state index contributed by atoms with van der Waals surface area (Å²) < 4.78 is 11.3. The summed E-state index contributed by atoms with van der Waals surface area (Å²) in [6.45, 7) is 6.31. The van der Waals surface area contributed by atoms with E-state index in [1.165, 1.54) is 0 Å². The Kier molecular flexibility index (Phi) is 6.29. The predicted octanol–water partition coefficient (Wildman–Crippen LogP) is 1.04. The Balaban J connectivity index is 2.57. The number of hydrogen-bond acceptors (Lipinski definition) is 3. The van der Waals surface area contributed by atoms with Crippen molar-refractivity contribution in [2.75, 3.05) is 25.9 Å². The molecule has 0 aliphatic carbocycles. The first-order chi connectivity index (χ1) is 8.52. The van der Waals surface area contributed by atoms with Crippen LogP contribution in [0.15, 0.2) is 0 Å².